The van der Waals surface area contributed by atoms with Crippen molar-refractivity contribution in [3.63, 3.8) is 0 Å². The number of nitrogens with two attached hydrogens (primary N) is 1. The van der Waals surface area contributed by atoms with E-state index in [4.69, 9.17) is 5.73 Å². The zero-order chi connectivity index (χ0) is 10.1. The Labute approximate surface area is 79.4 Å². The Bertz CT molecular complexity index is 512. The van der Waals surface area contributed by atoms with Gasteiger partial charge in [-0.1, -0.05) is 0 Å². The molecule has 6 nitrogen and oxygen atoms in total. The fourth-order valence-corrected chi connectivity index (χ4v) is 1.12. The lowest BCUT2D eigenvalue weighted by atomic mass is 10.5. The first-order valence-electron chi connectivity index (χ1n) is 4.04. The molecule has 2 rings (SSSR count). The Morgan fingerprint density at radius 3 is 3.00 bits per heavy atom. The number of hydrogen-bond acceptors (Lipinski definition) is 4. The van der Waals surface area contributed by atoms with Gasteiger partial charge in [0.25, 0.3) is 5.56 Å². The monoisotopic (exact) mass is 191 g/mol. The van der Waals surface area contributed by atoms with E-state index < -0.39 is 0 Å². The Morgan fingerprint density at radius 2 is 2.36 bits per heavy atom. The number of aromatic nitrogens is 4. The van der Waals surface area contributed by atoms with Crippen molar-refractivity contribution < 1.29 is 0 Å². The van der Waals surface area contributed by atoms with Crippen molar-refractivity contribution in [1.29, 1.82) is 0 Å². The normalized spacial score (nSPS) is 10.4. The third-order valence-corrected chi connectivity index (χ3v) is 1.81. The minimum Gasteiger partial charge on any atom is -0.391 e. The lowest BCUT2D eigenvalue weighted by Gasteiger charge is -2.01. The van der Waals surface area contributed by atoms with Gasteiger partial charge in [0, 0.05) is 6.20 Å². The highest BCUT2D eigenvalue weighted by atomic mass is 16.1. The minimum atomic E-state index is -0.358. The lowest BCUT2D eigenvalue weighted by molar-refractivity contribution is 0.826. The molecule has 0 aliphatic rings. The van der Waals surface area contributed by atoms with Crippen LogP contribution in [0.1, 0.15) is 5.69 Å². The number of rotatable bonds is 1. The van der Waals surface area contributed by atoms with E-state index in [0.29, 0.717) is 5.82 Å². The molecule has 0 radical (unpaired) electrons. The maximum absolute atomic E-state index is 11.2. The van der Waals surface area contributed by atoms with Gasteiger partial charge < -0.3 is 10.7 Å². The quantitative estimate of drug-likeness (QED) is 0.655. The lowest BCUT2D eigenvalue weighted by Crippen LogP contribution is -2.16. The van der Waals surface area contributed by atoms with Crippen LogP contribution in [0.2, 0.25) is 0 Å². The van der Waals surface area contributed by atoms with E-state index in [1.807, 2.05) is 13.0 Å². The molecule has 0 fully saturated rings. The van der Waals surface area contributed by atoms with Gasteiger partial charge in [-0.2, -0.15) is 5.10 Å². The van der Waals surface area contributed by atoms with Gasteiger partial charge in [-0.15, -0.1) is 0 Å². The number of hydrogen-bond donors (Lipinski definition) is 2. The molecule has 0 bridgehead atoms. The molecule has 0 aliphatic carbocycles. The number of anilines is 1. The van der Waals surface area contributed by atoms with Crippen LogP contribution in [0, 0.1) is 6.92 Å². The van der Waals surface area contributed by atoms with E-state index in [9.17, 15) is 4.79 Å². The molecule has 14 heavy (non-hydrogen) atoms. The fourth-order valence-electron chi connectivity index (χ4n) is 1.12. The standard InChI is InChI=1S/C8H9N5O/c1-5-2-3-13(12-5)7-6(9)8(14)11-4-10-7/h2-4H,9H2,1H3,(H,10,11,14). The maximum Gasteiger partial charge on any atom is 0.276 e. The molecule has 6 heteroatoms. The molecule has 2 heterocycles. The van der Waals surface area contributed by atoms with E-state index in [1.165, 1.54) is 11.0 Å². The summed E-state index contributed by atoms with van der Waals surface area (Å²) in [5, 5.41) is 4.10. The summed E-state index contributed by atoms with van der Waals surface area (Å²) >= 11 is 0. The number of H-pyrrole nitrogens is 1. The number of aryl methyl sites for hydroxylation is 1. The Balaban J connectivity index is 2.63. The van der Waals surface area contributed by atoms with Crippen molar-refractivity contribution in [3.8, 4) is 5.82 Å². The predicted molar refractivity (Wildman–Crippen MR) is 51.1 cm³/mol. The Hall–Kier alpha value is -2.11. The first-order chi connectivity index (χ1) is 6.68. The maximum atomic E-state index is 11.2. The molecule has 0 unspecified atom stereocenters. The highest BCUT2D eigenvalue weighted by Crippen LogP contribution is 2.07. The molecule has 72 valence electrons. The molecule has 0 aromatic carbocycles. The fraction of sp³-hybridized carbons (Fsp3) is 0.125. The second-order valence-electron chi connectivity index (χ2n) is 2.87. The number of aromatic amines is 1. The summed E-state index contributed by atoms with van der Waals surface area (Å²) in [6.45, 7) is 1.85. The summed E-state index contributed by atoms with van der Waals surface area (Å²) in [6.07, 6.45) is 3.00. The van der Waals surface area contributed by atoms with Gasteiger partial charge in [0.1, 0.15) is 5.69 Å². The van der Waals surface area contributed by atoms with Crippen LogP contribution in [-0.2, 0) is 0 Å². The van der Waals surface area contributed by atoms with Crippen LogP contribution in [0.4, 0.5) is 5.69 Å². The number of nitrogens with one attached hydrogen (secondary N) is 1. The summed E-state index contributed by atoms with van der Waals surface area (Å²) in [7, 11) is 0. The second-order valence-corrected chi connectivity index (χ2v) is 2.87. The van der Waals surface area contributed by atoms with Crippen molar-refractivity contribution in [1.82, 2.24) is 19.7 Å². The first kappa shape index (κ1) is 8.49. The molecule has 0 aliphatic heterocycles. The highest BCUT2D eigenvalue weighted by molar-refractivity contribution is 5.49. The largest absolute Gasteiger partial charge is 0.391 e. The molecule has 0 saturated carbocycles. The summed E-state index contributed by atoms with van der Waals surface area (Å²) in [5.74, 6) is 0.349. The van der Waals surface area contributed by atoms with Gasteiger partial charge in [-0.25, -0.2) is 9.67 Å². The molecular weight excluding hydrogens is 182 g/mol. The second kappa shape index (κ2) is 2.99. The van der Waals surface area contributed by atoms with E-state index in [-0.39, 0.29) is 11.2 Å². The highest BCUT2D eigenvalue weighted by Gasteiger charge is 2.06. The smallest absolute Gasteiger partial charge is 0.276 e. The minimum absolute atomic E-state index is 0.0654. The van der Waals surface area contributed by atoms with Crippen molar-refractivity contribution in [2.75, 3.05) is 5.73 Å². The third kappa shape index (κ3) is 1.26. The van der Waals surface area contributed by atoms with E-state index in [2.05, 4.69) is 15.1 Å². The Morgan fingerprint density at radius 1 is 1.57 bits per heavy atom. The van der Waals surface area contributed by atoms with Gasteiger partial charge in [-0.3, -0.25) is 4.79 Å². The molecular formula is C8H9N5O. The predicted octanol–water partition coefficient (Wildman–Crippen LogP) is -0.154. The van der Waals surface area contributed by atoms with Crippen molar-refractivity contribution in [2.24, 2.45) is 0 Å². The SMILES string of the molecule is Cc1ccn(-c2nc[nH]c(=O)c2N)n1. The van der Waals surface area contributed by atoms with Crippen LogP contribution in [0.5, 0.6) is 0 Å². The molecule has 2 aromatic heterocycles. The van der Waals surface area contributed by atoms with Crippen molar-refractivity contribution >= 4 is 5.69 Å². The molecule has 0 amide bonds. The van der Waals surface area contributed by atoms with Gasteiger partial charge in [-0.05, 0) is 13.0 Å². The van der Waals surface area contributed by atoms with Crippen LogP contribution >= 0.6 is 0 Å². The van der Waals surface area contributed by atoms with Gasteiger partial charge >= 0.3 is 0 Å². The summed E-state index contributed by atoms with van der Waals surface area (Å²) < 4.78 is 1.47. The van der Waals surface area contributed by atoms with Gasteiger partial charge in [0.15, 0.2) is 5.82 Å². The zero-order valence-corrected chi connectivity index (χ0v) is 7.56. The first-order valence-corrected chi connectivity index (χ1v) is 4.04. The van der Waals surface area contributed by atoms with Gasteiger partial charge in [0.2, 0.25) is 0 Å². The van der Waals surface area contributed by atoms with Crippen LogP contribution in [0.15, 0.2) is 23.4 Å². The molecule has 3 N–H and O–H groups in total. The van der Waals surface area contributed by atoms with Crippen LogP contribution in [-0.4, -0.2) is 19.7 Å². The molecule has 2 aromatic rings. The average Bonchev–Trinajstić information content (AvgIpc) is 2.57. The van der Waals surface area contributed by atoms with Crippen LogP contribution < -0.4 is 11.3 Å². The third-order valence-electron chi connectivity index (χ3n) is 1.81. The van der Waals surface area contributed by atoms with Crippen molar-refractivity contribution in [3.05, 3.63) is 34.6 Å². The summed E-state index contributed by atoms with van der Waals surface area (Å²) in [4.78, 5) is 17.5. The molecule has 0 spiro atoms. The summed E-state index contributed by atoms with van der Waals surface area (Å²) in [6, 6.07) is 1.81. The van der Waals surface area contributed by atoms with E-state index in [1.54, 1.807) is 6.20 Å². The number of nitrogen functional groups attached to an aromatic ring is 1. The van der Waals surface area contributed by atoms with E-state index in [0.717, 1.165) is 5.69 Å². The molecule has 0 atom stereocenters. The van der Waals surface area contributed by atoms with Crippen molar-refractivity contribution in [2.45, 2.75) is 6.92 Å². The molecule has 0 saturated heterocycles. The summed E-state index contributed by atoms with van der Waals surface area (Å²) in [5.41, 5.74) is 6.10. The van der Waals surface area contributed by atoms with E-state index >= 15 is 0 Å². The number of nitrogens with zero attached hydrogens (tertiary/aromatic N) is 3. The van der Waals surface area contributed by atoms with Crippen LogP contribution in [0.3, 0.4) is 0 Å². The Kier molecular flexibility index (Phi) is 1.81. The van der Waals surface area contributed by atoms with Gasteiger partial charge in [0.05, 0.1) is 12.0 Å². The zero-order valence-electron chi connectivity index (χ0n) is 7.56. The topological polar surface area (TPSA) is 89.6 Å². The van der Waals surface area contributed by atoms with Crippen LogP contribution in [0.25, 0.3) is 5.82 Å². The average molecular weight is 191 g/mol.